The fourth-order valence-corrected chi connectivity index (χ4v) is 5.38. The summed E-state index contributed by atoms with van der Waals surface area (Å²) in [6, 6.07) is 25.0. The minimum absolute atomic E-state index is 0.283. The van der Waals surface area contributed by atoms with Crippen molar-refractivity contribution >= 4 is 34.3 Å². The molecule has 5 rings (SSSR count). The number of benzene rings is 3. The average molecular weight is 458 g/mol. The van der Waals surface area contributed by atoms with Gasteiger partial charge in [0.25, 0.3) is 11.1 Å². The van der Waals surface area contributed by atoms with E-state index in [1.165, 1.54) is 15.9 Å². The van der Waals surface area contributed by atoms with Gasteiger partial charge in [0.2, 0.25) is 0 Å². The molecular formula is C25H19N3O2S2. The Morgan fingerprint density at radius 2 is 1.56 bits per heavy atom. The SMILES string of the molecule is Cc1c(-n2c(=O)cc(-c3cccc4ccccc34)sc2=S)c(=O)n(-c2ccccc2)n1C. The maximum absolute atomic E-state index is 13.4. The predicted molar refractivity (Wildman–Crippen MR) is 133 cm³/mol. The Kier molecular flexibility index (Phi) is 5.00. The fraction of sp³-hybridized carbons (Fsp3) is 0.0800. The first-order valence-corrected chi connectivity index (χ1v) is 11.3. The van der Waals surface area contributed by atoms with Crippen LogP contribution in [0.3, 0.4) is 0 Å². The largest absolute Gasteiger partial charge is 0.296 e. The average Bonchev–Trinajstić information content (AvgIpc) is 3.02. The summed E-state index contributed by atoms with van der Waals surface area (Å²) < 4.78 is 4.99. The van der Waals surface area contributed by atoms with Crippen molar-refractivity contribution < 1.29 is 0 Å². The van der Waals surface area contributed by atoms with Crippen molar-refractivity contribution in [3.05, 3.63) is 109 Å². The molecule has 0 saturated heterocycles. The molecule has 0 bridgehead atoms. The molecule has 0 unspecified atom stereocenters. The monoisotopic (exact) mass is 457 g/mol. The summed E-state index contributed by atoms with van der Waals surface area (Å²) in [6.07, 6.45) is 0. The zero-order valence-corrected chi connectivity index (χ0v) is 19.1. The number of nitrogens with zero attached hydrogens (tertiary/aromatic N) is 3. The first-order valence-electron chi connectivity index (χ1n) is 10.1. The van der Waals surface area contributed by atoms with E-state index in [1.54, 1.807) is 22.5 Å². The molecule has 0 aliphatic heterocycles. The maximum atomic E-state index is 13.4. The number of para-hydroxylation sites is 1. The van der Waals surface area contributed by atoms with Gasteiger partial charge in [-0.25, -0.2) is 4.68 Å². The smallest absolute Gasteiger partial charge is 0.283 e. The van der Waals surface area contributed by atoms with E-state index in [2.05, 4.69) is 0 Å². The first kappa shape index (κ1) is 20.4. The van der Waals surface area contributed by atoms with Crippen molar-refractivity contribution in [3.63, 3.8) is 0 Å². The number of hydrogen-bond acceptors (Lipinski definition) is 4. The van der Waals surface area contributed by atoms with Gasteiger partial charge < -0.3 is 0 Å². The van der Waals surface area contributed by atoms with Crippen LogP contribution in [0.4, 0.5) is 0 Å². The minimum atomic E-state index is -0.317. The molecule has 0 amide bonds. The third-order valence-electron chi connectivity index (χ3n) is 5.66. The summed E-state index contributed by atoms with van der Waals surface area (Å²) in [4.78, 5) is 27.4. The third-order valence-corrected chi connectivity index (χ3v) is 7.00. The van der Waals surface area contributed by atoms with Crippen molar-refractivity contribution in [2.75, 3.05) is 0 Å². The van der Waals surface area contributed by atoms with Crippen molar-refractivity contribution in [1.29, 1.82) is 0 Å². The van der Waals surface area contributed by atoms with Crippen LogP contribution in [0, 0.1) is 10.9 Å². The van der Waals surface area contributed by atoms with Gasteiger partial charge in [-0.05, 0) is 47.6 Å². The van der Waals surface area contributed by atoms with Crippen LogP contribution in [0.25, 0.3) is 32.6 Å². The van der Waals surface area contributed by atoms with Crippen LogP contribution in [0.2, 0.25) is 0 Å². The lowest BCUT2D eigenvalue weighted by Crippen LogP contribution is -2.26. The quantitative estimate of drug-likeness (QED) is 0.348. The zero-order chi connectivity index (χ0) is 22.4. The first-order chi connectivity index (χ1) is 15.5. The Balaban J connectivity index is 1.73. The second-order valence-corrected chi connectivity index (χ2v) is 9.16. The van der Waals surface area contributed by atoms with E-state index >= 15 is 0 Å². The molecule has 0 saturated carbocycles. The molecule has 0 aliphatic rings. The highest BCUT2D eigenvalue weighted by atomic mass is 32.1. The molecule has 3 aromatic carbocycles. The maximum Gasteiger partial charge on any atom is 0.296 e. The van der Waals surface area contributed by atoms with Crippen molar-refractivity contribution in [2.24, 2.45) is 7.05 Å². The highest BCUT2D eigenvalue weighted by Gasteiger charge is 2.20. The Labute approximate surface area is 193 Å². The van der Waals surface area contributed by atoms with Crippen LogP contribution in [0.1, 0.15) is 5.69 Å². The molecule has 2 heterocycles. The Bertz CT molecular complexity index is 1620. The second kappa shape index (κ2) is 7.85. The van der Waals surface area contributed by atoms with Gasteiger partial charge in [-0.1, -0.05) is 60.7 Å². The van der Waals surface area contributed by atoms with E-state index in [0.717, 1.165) is 26.9 Å². The van der Waals surface area contributed by atoms with E-state index in [1.807, 2.05) is 79.7 Å². The van der Waals surface area contributed by atoms with Crippen molar-refractivity contribution in [3.8, 4) is 21.8 Å². The van der Waals surface area contributed by atoms with Crippen LogP contribution in [-0.2, 0) is 7.05 Å². The lowest BCUT2D eigenvalue weighted by atomic mass is 10.0. The van der Waals surface area contributed by atoms with Gasteiger partial charge in [-0.15, -0.1) is 11.3 Å². The summed E-state index contributed by atoms with van der Waals surface area (Å²) in [5.41, 5.74) is 2.03. The fourth-order valence-electron chi connectivity index (χ4n) is 4.02. The van der Waals surface area contributed by atoms with E-state index in [4.69, 9.17) is 12.2 Å². The Morgan fingerprint density at radius 1 is 0.875 bits per heavy atom. The van der Waals surface area contributed by atoms with Crippen molar-refractivity contribution in [1.82, 2.24) is 13.9 Å². The highest BCUT2D eigenvalue weighted by molar-refractivity contribution is 7.73. The Morgan fingerprint density at radius 3 is 2.31 bits per heavy atom. The van der Waals surface area contributed by atoms with Gasteiger partial charge in [0.1, 0.15) is 5.69 Å². The summed E-state index contributed by atoms with van der Waals surface area (Å²) in [6.45, 7) is 1.82. The van der Waals surface area contributed by atoms with Gasteiger partial charge >= 0.3 is 0 Å². The summed E-state index contributed by atoms with van der Waals surface area (Å²) in [5, 5.41) is 2.15. The van der Waals surface area contributed by atoms with Crippen LogP contribution >= 0.6 is 23.6 Å². The minimum Gasteiger partial charge on any atom is -0.283 e. The lowest BCUT2D eigenvalue weighted by molar-refractivity contribution is 0.630. The van der Waals surface area contributed by atoms with Crippen LogP contribution in [0.15, 0.2) is 88.5 Å². The lowest BCUT2D eigenvalue weighted by Gasteiger charge is -2.09. The molecule has 0 spiro atoms. The van der Waals surface area contributed by atoms with Crippen LogP contribution in [-0.4, -0.2) is 13.9 Å². The van der Waals surface area contributed by atoms with E-state index in [9.17, 15) is 9.59 Å². The van der Waals surface area contributed by atoms with Crippen LogP contribution in [0.5, 0.6) is 0 Å². The summed E-state index contributed by atoms with van der Waals surface area (Å²) in [7, 11) is 1.80. The van der Waals surface area contributed by atoms with E-state index in [-0.39, 0.29) is 16.8 Å². The number of rotatable bonds is 3. The molecule has 0 atom stereocenters. The molecule has 0 N–H and O–H groups in total. The summed E-state index contributed by atoms with van der Waals surface area (Å²) in [5.74, 6) is 0. The van der Waals surface area contributed by atoms with E-state index < -0.39 is 0 Å². The van der Waals surface area contributed by atoms with Crippen LogP contribution < -0.4 is 11.1 Å². The summed E-state index contributed by atoms with van der Waals surface area (Å²) >= 11 is 6.97. The van der Waals surface area contributed by atoms with Gasteiger partial charge in [0.05, 0.1) is 11.4 Å². The molecular weight excluding hydrogens is 438 g/mol. The molecule has 5 aromatic rings. The standard InChI is InChI=1S/C25H19N3O2S2/c1-16-23(24(30)28(26(16)2)18-11-4-3-5-12-18)27-22(29)15-21(32-25(27)31)20-14-8-10-17-9-6-7-13-19(17)20/h3-15H,1-2H3. The molecule has 158 valence electrons. The number of fused-ring (bicyclic) bond motifs is 1. The van der Waals surface area contributed by atoms with Crippen molar-refractivity contribution in [2.45, 2.75) is 6.92 Å². The number of hydrogen-bond donors (Lipinski definition) is 0. The molecule has 7 heteroatoms. The topological polar surface area (TPSA) is 48.9 Å². The van der Waals surface area contributed by atoms with Gasteiger partial charge in [0, 0.05) is 18.0 Å². The molecule has 32 heavy (non-hydrogen) atoms. The Hall–Kier alpha value is -3.55. The van der Waals surface area contributed by atoms with E-state index in [0.29, 0.717) is 9.65 Å². The van der Waals surface area contributed by atoms with Gasteiger partial charge in [0.15, 0.2) is 3.95 Å². The van der Waals surface area contributed by atoms with Gasteiger partial charge in [-0.3, -0.25) is 18.8 Å². The zero-order valence-electron chi connectivity index (χ0n) is 17.5. The predicted octanol–water partition coefficient (Wildman–Crippen LogP) is 5.25. The highest BCUT2D eigenvalue weighted by Crippen LogP contribution is 2.31. The molecule has 5 nitrogen and oxygen atoms in total. The third kappa shape index (κ3) is 3.18. The molecule has 0 radical (unpaired) electrons. The number of aromatic nitrogens is 3. The second-order valence-electron chi connectivity index (χ2n) is 7.49. The molecule has 2 aromatic heterocycles. The normalized spacial score (nSPS) is 11.2. The molecule has 0 fully saturated rings. The molecule has 0 aliphatic carbocycles. The van der Waals surface area contributed by atoms with Gasteiger partial charge in [-0.2, -0.15) is 0 Å².